The molecule has 0 aliphatic carbocycles. The Bertz CT molecular complexity index is 784. The van der Waals surface area contributed by atoms with E-state index in [9.17, 15) is 14.4 Å². The lowest BCUT2D eigenvalue weighted by Gasteiger charge is -2.34. The van der Waals surface area contributed by atoms with E-state index in [2.05, 4.69) is 10.6 Å². The number of rotatable bonds is 4. The molecule has 0 bridgehead atoms. The van der Waals surface area contributed by atoms with E-state index in [0.29, 0.717) is 24.2 Å². The van der Waals surface area contributed by atoms with Crippen LogP contribution in [-0.2, 0) is 4.79 Å². The van der Waals surface area contributed by atoms with E-state index in [1.54, 1.807) is 48.3 Å². The summed E-state index contributed by atoms with van der Waals surface area (Å²) in [4.78, 5) is 38.4. The van der Waals surface area contributed by atoms with Gasteiger partial charge in [0.15, 0.2) is 5.76 Å². The van der Waals surface area contributed by atoms with E-state index in [1.165, 1.54) is 6.26 Å². The van der Waals surface area contributed by atoms with E-state index in [0.717, 1.165) is 12.8 Å². The van der Waals surface area contributed by atoms with Crippen LogP contribution in [0.5, 0.6) is 0 Å². The topological polar surface area (TPSA) is 91.7 Å². The Labute approximate surface area is 151 Å². The van der Waals surface area contributed by atoms with E-state index in [4.69, 9.17) is 4.42 Å². The SMILES string of the molecule is CNC(=O)c1ccc(NC(=O)C2CCCCN2C(=O)c2ccco2)cc1. The van der Waals surface area contributed by atoms with Gasteiger partial charge in [0.25, 0.3) is 11.8 Å². The van der Waals surface area contributed by atoms with Crippen LogP contribution < -0.4 is 10.6 Å². The van der Waals surface area contributed by atoms with Crippen molar-refractivity contribution >= 4 is 23.4 Å². The third kappa shape index (κ3) is 3.77. The number of amides is 3. The zero-order chi connectivity index (χ0) is 18.5. The lowest BCUT2D eigenvalue weighted by molar-refractivity contribution is -0.121. The number of carbonyl (C=O) groups is 3. The average molecular weight is 355 g/mol. The largest absolute Gasteiger partial charge is 0.459 e. The molecule has 1 saturated heterocycles. The number of nitrogens with one attached hydrogen (secondary N) is 2. The lowest BCUT2D eigenvalue weighted by Crippen LogP contribution is -2.49. The van der Waals surface area contributed by atoms with Crippen LogP contribution in [0.25, 0.3) is 0 Å². The van der Waals surface area contributed by atoms with Crippen LogP contribution in [0, 0.1) is 0 Å². The Kier molecular flexibility index (Phi) is 5.36. The Balaban J connectivity index is 1.70. The van der Waals surface area contributed by atoms with Gasteiger partial charge in [-0.25, -0.2) is 0 Å². The number of hydrogen-bond donors (Lipinski definition) is 2. The molecular weight excluding hydrogens is 334 g/mol. The Hall–Kier alpha value is -3.09. The van der Waals surface area contributed by atoms with Crippen LogP contribution in [0.4, 0.5) is 5.69 Å². The number of nitrogens with zero attached hydrogens (tertiary/aromatic N) is 1. The second-order valence-electron chi connectivity index (χ2n) is 6.13. The predicted octanol–water partition coefficient (Wildman–Crippen LogP) is 2.27. The number of hydrogen-bond acceptors (Lipinski definition) is 4. The molecule has 1 atom stereocenters. The van der Waals surface area contributed by atoms with Crippen molar-refractivity contribution in [3.63, 3.8) is 0 Å². The lowest BCUT2D eigenvalue weighted by atomic mass is 10.0. The van der Waals surface area contributed by atoms with Gasteiger partial charge >= 0.3 is 0 Å². The molecule has 136 valence electrons. The highest BCUT2D eigenvalue weighted by atomic mass is 16.3. The highest BCUT2D eigenvalue weighted by Crippen LogP contribution is 2.22. The van der Waals surface area contributed by atoms with Gasteiger partial charge in [0.1, 0.15) is 6.04 Å². The first-order valence-corrected chi connectivity index (χ1v) is 8.57. The van der Waals surface area contributed by atoms with E-state index >= 15 is 0 Å². The maximum absolute atomic E-state index is 12.7. The zero-order valence-electron chi connectivity index (χ0n) is 14.5. The van der Waals surface area contributed by atoms with Crippen molar-refractivity contribution in [1.29, 1.82) is 0 Å². The van der Waals surface area contributed by atoms with Crippen molar-refractivity contribution in [2.24, 2.45) is 0 Å². The molecule has 1 aliphatic heterocycles. The Morgan fingerprint density at radius 3 is 2.54 bits per heavy atom. The van der Waals surface area contributed by atoms with E-state index < -0.39 is 6.04 Å². The zero-order valence-corrected chi connectivity index (χ0v) is 14.5. The summed E-state index contributed by atoms with van der Waals surface area (Å²) in [6.45, 7) is 0.521. The Morgan fingerprint density at radius 2 is 1.88 bits per heavy atom. The van der Waals surface area contributed by atoms with Crippen molar-refractivity contribution in [3.05, 3.63) is 54.0 Å². The number of furan rings is 1. The molecule has 0 spiro atoms. The van der Waals surface area contributed by atoms with Gasteiger partial charge in [-0.1, -0.05) is 0 Å². The first-order chi connectivity index (χ1) is 12.6. The normalized spacial score (nSPS) is 16.8. The molecule has 2 heterocycles. The molecular formula is C19H21N3O4. The van der Waals surface area contributed by atoms with Gasteiger partial charge in [0.2, 0.25) is 5.91 Å². The van der Waals surface area contributed by atoms with Crippen molar-refractivity contribution in [1.82, 2.24) is 10.2 Å². The monoisotopic (exact) mass is 355 g/mol. The van der Waals surface area contributed by atoms with Gasteiger partial charge in [0.05, 0.1) is 6.26 Å². The van der Waals surface area contributed by atoms with Gasteiger partial charge in [-0.3, -0.25) is 14.4 Å². The molecule has 0 saturated carbocycles. The average Bonchev–Trinajstić information content (AvgIpc) is 3.22. The fourth-order valence-electron chi connectivity index (χ4n) is 3.06. The molecule has 0 radical (unpaired) electrons. The second-order valence-corrected chi connectivity index (χ2v) is 6.13. The predicted molar refractivity (Wildman–Crippen MR) is 95.8 cm³/mol. The number of anilines is 1. The Morgan fingerprint density at radius 1 is 1.12 bits per heavy atom. The van der Waals surface area contributed by atoms with Crippen LogP contribution in [0.3, 0.4) is 0 Å². The van der Waals surface area contributed by atoms with Crippen LogP contribution in [0.2, 0.25) is 0 Å². The maximum atomic E-state index is 12.7. The number of carbonyl (C=O) groups excluding carboxylic acids is 3. The van der Waals surface area contributed by atoms with Crippen molar-refractivity contribution in [2.75, 3.05) is 18.9 Å². The molecule has 2 N–H and O–H groups in total. The van der Waals surface area contributed by atoms with Crippen LogP contribution in [-0.4, -0.2) is 42.3 Å². The van der Waals surface area contributed by atoms with Crippen LogP contribution in [0.15, 0.2) is 47.1 Å². The van der Waals surface area contributed by atoms with E-state index in [1.807, 2.05) is 0 Å². The molecule has 7 heteroatoms. The molecule has 2 aromatic rings. The minimum atomic E-state index is -0.542. The van der Waals surface area contributed by atoms with Crippen LogP contribution >= 0.6 is 0 Å². The highest BCUT2D eigenvalue weighted by Gasteiger charge is 2.33. The molecule has 3 rings (SSSR count). The smallest absolute Gasteiger partial charge is 0.290 e. The molecule has 1 aromatic carbocycles. The summed E-state index contributed by atoms with van der Waals surface area (Å²) in [7, 11) is 1.56. The first-order valence-electron chi connectivity index (χ1n) is 8.57. The van der Waals surface area contributed by atoms with Crippen molar-refractivity contribution in [2.45, 2.75) is 25.3 Å². The summed E-state index contributed by atoms with van der Waals surface area (Å²) in [6, 6.07) is 9.33. The summed E-state index contributed by atoms with van der Waals surface area (Å²) in [6.07, 6.45) is 3.79. The summed E-state index contributed by atoms with van der Waals surface area (Å²) >= 11 is 0. The number of piperidine rings is 1. The fourth-order valence-corrected chi connectivity index (χ4v) is 3.06. The summed E-state index contributed by atoms with van der Waals surface area (Å²) < 4.78 is 5.18. The van der Waals surface area contributed by atoms with Gasteiger partial charge < -0.3 is 20.0 Å². The molecule has 3 amide bonds. The third-order valence-electron chi connectivity index (χ3n) is 4.44. The number of likely N-dealkylation sites (tertiary alicyclic amines) is 1. The molecule has 26 heavy (non-hydrogen) atoms. The van der Waals surface area contributed by atoms with Gasteiger partial charge in [-0.2, -0.15) is 0 Å². The molecule has 1 fully saturated rings. The quantitative estimate of drug-likeness (QED) is 0.880. The highest BCUT2D eigenvalue weighted by molar-refractivity contribution is 6.00. The summed E-state index contributed by atoms with van der Waals surface area (Å²) in [5.41, 5.74) is 1.09. The third-order valence-corrected chi connectivity index (χ3v) is 4.44. The van der Waals surface area contributed by atoms with E-state index in [-0.39, 0.29) is 23.5 Å². The minimum absolute atomic E-state index is 0.189. The van der Waals surface area contributed by atoms with Crippen molar-refractivity contribution < 1.29 is 18.8 Å². The minimum Gasteiger partial charge on any atom is -0.459 e. The number of benzene rings is 1. The molecule has 1 unspecified atom stereocenters. The fraction of sp³-hybridized carbons (Fsp3) is 0.316. The second kappa shape index (κ2) is 7.86. The summed E-state index contributed by atoms with van der Waals surface area (Å²) in [5, 5.41) is 5.38. The van der Waals surface area contributed by atoms with Crippen LogP contribution in [0.1, 0.15) is 40.2 Å². The molecule has 1 aliphatic rings. The van der Waals surface area contributed by atoms with Gasteiger partial charge in [0, 0.05) is 24.8 Å². The summed E-state index contributed by atoms with van der Waals surface area (Å²) in [5.74, 6) is -0.466. The maximum Gasteiger partial charge on any atom is 0.290 e. The standard InChI is InChI=1S/C19H21N3O4/c1-20-17(23)13-7-9-14(10-8-13)21-18(24)15-5-2-3-11-22(15)19(25)16-6-4-12-26-16/h4,6-10,12,15H,2-3,5,11H2,1H3,(H,20,23)(H,21,24). The first kappa shape index (κ1) is 17.7. The molecule has 7 nitrogen and oxygen atoms in total. The van der Waals surface area contributed by atoms with Gasteiger partial charge in [-0.05, 0) is 55.7 Å². The molecule has 1 aromatic heterocycles. The van der Waals surface area contributed by atoms with Gasteiger partial charge in [-0.15, -0.1) is 0 Å². The van der Waals surface area contributed by atoms with Crippen molar-refractivity contribution in [3.8, 4) is 0 Å².